The number of amides is 1. The molecule has 1 atom stereocenters. The van der Waals surface area contributed by atoms with E-state index in [2.05, 4.69) is 15.0 Å². The highest BCUT2D eigenvalue weighted by Crippen LogP contribution is 2.33. The summed E-state index contributed by atoms with van der Waals surface area (Å²) < 4.78 is 55.7. The van der Waals surface area contributed by atoms with Crippen LogP contribution in [0.1, 0.15) is 45.4 Å². The molecule has 0 saturated carbocycles. The van der Waals surface area contributed by atoms with Crippen molar-refractivity contribution in [2.45, 2.75) is 53.4 Å². The molecule has 0 fully saturated rings. The fourth-order valence-corrected chi connectivity index (χ4v) is 3.72. The lowest BCUT2D eigenvalue weighted by Gasteiger charge is -2.34. The number of benzene rings is 1. The molecule has 2 aromatic rings. The maximum atomic E-state index is 14.8. The number of alkyl halides is 3. The van der Waals surface area contributed by atoms with Gasteiger partial charge in [0.05, 0.1) is 11.4 Å². The van der Waals surface area contributed by atoms with E-state index < -0.39 is 12.2 Å². The highest BCUT2D eigenvalue weighted by molar-refractivity contribution is 5.90. The number of nitrogens with zero attached hydrogens (tertiary/aromatic N) is 2. The fourth-order valence-electron chi connectivity index (χ4n) is 3.72. The summed E-state index contributed by atoms with van der Waals surface area (Å²) in [5.41, 5.74) is 1.81. The van der Waals surface area contributed by atoms with Crippen LogP contribution < -0.4 is 15.0 Å². The van der Waals surface area contributed by atoms with Gasteiger partial charge < -0.3 is 15.0 Å². The van der Waals surface area contributed by atoms with E-state index in [4.69, 9.17) is 0 Å². The van der Waals surface area contributed by atoms with E-state index in [0.717, 1.165) is 5.56 Å². The molecule has 32 heavy (non-hydrogen) atoms. The Hall–Kier alpha value is -2.84. The number of carbonyl (C=O) groups excluding carboxylic acids is 1. The summed E-state index contributed by atoms with van der Waals surface area (Å²) in [7, 11) is 0. The first kappa shape index (κ1) is 23.8. The van der Waals surface area contributed by atoms with Gasteiger partial charge in [0.2, 0.25) is 5.91 Å². The predicted octanol–water partition coefficient (Wildman–Crippen LogP) is 5.69. The molecule has 9 heteroatoms. The first-order valence-electron chi connectivity index (χ1n) is 10.4. The van der Waals surface area contributed by atoms with Gasteiger partial charge in [0, 0.05) is 25.6 Å². The number of nitrogens with one attached hydrogen (secondary N) is 1. The topological polar surface area (TPSA) is 54.5 Å². The van der Waals surface area contributed by atoms with Crippen molar-refractivity contribution in [1.29, 1.82) is 0 Å². The number of aromatic nitrogens is 1. The Balaban J connectivity index is 1.78. The lowest BCUT2D eigenvalue weighted by atomic mass is 9.92. The molecule has 1 aromatic carbocycles. The third-order valence-electron chi connectivity index (χ3n) is 4.93. The second-order valence-corrected chi connectivity index (χ2v) is 9.45. The molecule has 0 spiro atoms. The minimum atomic E-state index is -4.74. The molecule has 0 radical (unpaired) electrons. The third kappa shape index (κ3) is 6.58. The molecule has 0 aliphatic carbocycles. The molecule has 0 saturated heterocycles. The van der Waals surface area contributed by atoms with Crippen molar-refractivity contribution in [1.82, 2.24) is 4.98 Å². The van der Waals surface area contributed by atoms with Crippen molar-refractivity contribution in [3.63, 3.8) is 0 Å². The van der Waals surface area contributed by atoms with Gasteiger partial charge in [0.25, 0.3) is 0 Å². The van der Waals surface area contributed by atoms with Gasteiger partial charge in [0.15, 0.2) is 11.6 Å². The van der Waals surface area contributed by atoms with Crippen LogP contribution in [0.2, 0.25) is 0 Å². The van der Waals surface area contributed by atoms with E-state index in [1.165, 1.54) is 18.2 Å². The lowest BCUT2D eigenvalue weighted by molar-refractivity contribution is -0.274. The number of pyridine rings is 1. The first-order chi connectivity index (χ1) is 14.8. The average Bonchev–Trinajstić information content (AvgIpc) is 2.62. The number of carbonyl (C=O) groups is 1. The quantitative estimate of drug-likeness (QED) is 0.591. The number of ether oxygens (including phenoxy) is 1. The molecular weight excluding hydrogens is 426 g/mol. The highest BCUT2D eigenvalue weighted by Gasteiger charge is 2.31. The summed E-state index contributed by atoms with van der Waals surface area (Å²) >= 11 is 0. The molecule has 1 N–H and O–H groups in total. The highest BCUT2D eigenvalue weighted by atomic mass is 19.4. The Morgan fingerprint density at radius 1 is 1.22 bits per heavy atom. The van der Waals surface area contributed by atoms with Crippen LogP contribution in [0.4, 0.5) is 29.1 Å². The summed E-state index contributed by atoms with van der Waals surface area (Å²) in [6.45, 7) is 8.82. The normalized spacial score (nSPS) is 16.5. The first-order valence-corrected chi connectivity index (χ1v) is 10.4. The predicted molar refractivity (Wildman–Crippen MR) is 114 cm³/mol. The number of hydrogen-bond donors (Lipinski definition) is 1. The van der Waals surface area contributed by atoms with Gasteiger partial charge in [0.1, 0.15) is 5.75 Å². The van der Waals surface area contributed by atoms with Gasteiger partial charge in [-0.2, -0.15) is 0 Å². The van der Waals surface area contributed by atoms with Crippen molar-refractivity contribution in [2.24, 2.45) is 11.3 Å². The maximum absolute atomic E-state index is 14.8. The summed E-state index contributed by atoms with van der Waals surface area (Å²) in [6, 6.07) is 6.96. The lowest BCUT2D eigenvalue weighted by Crippen LogP contribution is -2.35. The van der Waals surface area contributed by atoms with Gasteiger partial charge in [-0.25, -0.2) is 9.37 Å². The Morgan fingerprint density at radius 3 is 2.47 bits per heavy atom. The largest absolute Gasteiger partial charge is 0.573 e. The summed E-state index contributed by atoms with van der Waals surface area (Å²) in [5.74, 6) is -1.07. The zero-order valence-corrected chi connectivity index (χ0v) is 18.5. The van der Waals surface area contributed by atoms with E-state index in [1.807, 2.05) is 32.6 Å². The maximum Gasteiger partial charge on any atom is 0.573 e. The zero-order chi connectivity index (χ0) is 23.7. The molecular formula is C23H27F4N3O2. The number of hydrogen-bond acceptors (Lipinski definition) is 4. The number of halogens is 4. The van der Waals surface area contributed by atoms with E-state index in [-0.39, 0.29) is 35.2 Å². The van der Waals surface area contributed by atoms with E-state index >= 15 is 0 Å². The van der Waals surface area contributed by atoms with Crippen molar-refractivity contribution in [3.8, 4) is 5.75 Å². The smallest absolute Gasteiger partial charge is 0.406 e. The summed E-state index contributed by atoms with van der Waals surface area (Å²) in [6.07, 6.45) is -3.87. The zero-order valence-electron chi connectivity index (χ0n) is 18.5. The molecule has 1 aliphatic rings. The molecule has 3 rings (SSSR count). The second-order valence-electron chi connectivity index (χ2n) is 9.45. The SMILES string of the molecule is C[C@@H]1Cc2nc(NC(=O)CC(C)(C)C)c(F)cc2N(Cc2ccc(OC(F)(F)F)cc2)C1. The van der Waals surface area contributed by atoms with Gasteiger partial charge in [-0.05, 0) is 35.4 Å². The van der Waals surface area contributed by atoms with Gasteiger partial charge in [-0.15, -0.1) is 13.2 Å². The van der Waals surface area contributed by atoms with Gasteiger partial charge in [-0.1, -0.05) is 39.8 Å². The average molecular weight is 453 g/mol. The standard InChI is InChI=1S/C23H27F4N3O2/c1-14-9-18-19(10-17(24)21(28-18)29-20(31)11-22(2,3)4)30(12-14)13-15-5-7-16(8-6-15)32-23(25,26)27/h5-8,10,14H,9,11-13H2,1-4H3,(H,28,29,31)/t14-/m1/s1. The fraction of sp³-hybridized carbons (Fsp3) is 0.478. The monoisotopic (exact) mass is 453 g/mol. The number of rotatable bonds is 5. The Bertz CT molecular complexity index is 969. The van der Waals surface area contributed by atoms with Crippen LogP contribution in [-0.4, -0.2) is 23.8 Å². The van der Waals surface area contributed by atoms with Crippen molar-refractivity contribution < 1.29 is 27.1 Å². The Kier molecular flexibility index (Phi) is 6.67. The van der Waals surface area contributed by atoms with Crippen molar-refractivity contribution >= 4 is 17.4 Å². The minimum Gasteiger partial charge on any atom is -0.406 e. The molecule has 5 nitrogen and oxygen atoms in total. The van der Waals surface area contributed by atoms with Crippen LogP contribution in [0, 0.1) is 17.2 Å². The number of fused-ring (bicyclic) bond motifs is 1. The van der Waals surface area contributed by atoms with E-state index in [1.54, 1.807) is 12.1 Å². The molecule has 0 bridgehead atoms. The minimum absolute atomic E-state index is 0.0827. The van der Waals surface area contributed by atoms with Crippen molar-refractivity contribution in [3.05, 3.63) is 47.4 Å². The molecule has 174 valence electrons. The van der Waals surface area contributed by atoms with Crippen LogP contribution in [0.15, 0.2) is 30.3 Å². The van der Waals surface area contributed by atoms with Crippen LogP contribution in [0.5, 0.6) is 5.75 Å². The van der Waals surface area contributed by atoms with Crippen LogP contribution in [-0.2, 0) is 17.8 Å². The second kappa shape index (κ2) is 8.96. The molecule has 1 amide bonds. The van der Waals surface area contributed by atoms with Crippen LogP contribution in [0.25, 0.3) is 0 Å². The van der Waals surface area contributed by atoms with Crippen LogP contribution >= 0.6 is 0 Å². The number of anilines is 2. The summed E-state index contributed by atoms with van der Waals surface area (Å²) in [5, 5.41) is 2.57. The van der Waals surface area contributed by atoms with Gasteiger partial charge in [-0.3, -0.25) is 4.79 Å². The van der Waals surface area contributed by atoms with Gasteiger partial charge >= 0.3 is 6.36 Å². The third-order valence-corrected chi connectivity index (χ3v) is 4.93. The Morgan fingerprint density at radius 2 is 1.88 bits per heavy atom. The molecule has 1 aromatic heterocycles. The summed E-state index contributed by atoms with van der Waals surface area (Å²) in [4.78, 5) is 18.6. The molecule has 1 aliphatic heterocycles. The van der Waals surface area contributed by atoms with E-state index in [9.17, 15) is 22.4 Å². The Labute approximate surface area is 184 Å². The van der Waals surface area contributed by atoms with Crippen molar-refractivity contribution in [2.75, 3.05) is 16.8 Å². The molecule has 2 heterocycles. The molecule has 0 unspecified atom stereocenters. The van der Waals surface area contributed by atoms with E-state index in [0.29, 0.717) is 30.9 Å². The van der Waals surface area contributed by atoms with Crippen LogP contribution in [0.3, 0.4) is 0 Å².